The molecule has 13 heteroatoms. The van der Waals surface area contributed by atoms with E-state index in [0.717, 1.165) is 11.3 Å². The normalized spacial score (nSPS) is 10.8. The van der Waals surface area contributed by atoms with Crippen LogP contribution in [0.3, 0.4) is 0 Å². The van der Waals surface area contributed by atoms with Crippen molar-refractivity contribution < 1.29 is 24.0 Å². The first kappa shape index (κ1) is 23.8. The Morgan fingerprint density at radius 3 is 2.52 bits per heavy atom. The number of hydrogen-bond donors (Lipinski definition) is 1. The zero-order valence-electron chi connectivity index (χ0n) is 18.7. The lowest BCUT2D eigenvalue weighted by Crippen LogP contribution is -2.17. The van der Waals surface area contributed by atoms with Crippen molar-refractivity contribution >= 4 is 39.7 Å². The Morgan fingerprint density at radius 2 is 1.94 bits per heavy atom. The molecule has 33 heavy (non-hydrogen) atoms. The third kappa shape index (κ3) is 4.67. The van der Waals surface area contributed by atoms with Gasteiger partial charge >= 0.3 is 11.7 Å². The van der Waals surface area contributed by atoms with Crippen molar-refractivity contribution in [3.05, 3.63) is 55.5 Å². The smallest absolute Gasteiger partial charge is 0.341 e. The van der Waals surface area contributed by atoms with Gasteiger partial charge in [-0.2, -0.15) is 10.2 Å². The molecule has 3 rings (SSSR count). The van der Waals surface area contributed by atoms with Crippen molar-refractivity contribution in [2.24, 2.45) is 0 Å². The topological polar surface area (TPSA) is 151 Å². The molecular formula is C20H22N6O6S. The molecule has 0 aliphatic rings. The maximum atomic E-state index is 12.8. The van der Waals surface area contributed by atoms with Crippen molar-refractivity contribution in [1.82, 2.24) is 19.6 Å². The van der Waals surface area contributed by atoms with Crippen molar-refractivity contribution in [3.63, 3.8) is 0 Å². The molecule has 1 amide bonds. The van der Waals surface area contributed by atoms with Gasteiger partial charge in [0.15, 0.2) is 11.5 Å². The zero-order valence-corrected chi connectivity index (χ0v) is 19.5. The number of carbonyl (C=O) groups is 3. The van der Waals surface area contributed by atoms with Crippen LogP contribution in [0.2, 0.25) is 0 Å². The Kier molecular flexibility index (Phi) is 6.72. The van der Waals surface area contributed by atoms with Crippen LogP contribution in [0.1, 0.15) is 61.3 Å². The SMILES string of the molecule is CCOC(=O)c1c(NC(=O)c2ccn(Cn3nc(C)c([N+](=O)[O-])c3C)n2)sc(C(C)=O)c1C. The van der Waals surface area contributed by atoms with Crippen molar-refractivity contribution in [2.75, 3.05) is 11.9 Å². The van der Waals surface area contributed by atoms with Crippen LogP contribution in [-0.2, 0) is 11.4 Å². The highest BCUT2D eigenvalue weighted by Gasteiger charge is 2.26. The summed E-state index contributed by atoms with van der Waals surface area (Å²) >= 11 is 0.995. The van der Waals surface area contributed by atoms with E-state index in [0.29, 0.717) is 16.1 Å². The summed E-state index contributed by atoms with van der Waals surface area (Å²) in [7, 11) is 0. The fraction of sp³-hybridized carbons (Fsp3) is 0.350. The molecule has 0 aliphatic carbocycles. The molecule has 0 atom stereocenters. The Hall–Kier alpha value is -3.87. The number of aryl methyl sites for hydroxylation is 1. The van der Waals surface area contributed by atoms with Crippen LogP contribution in [0.5, 0.6) is 0 Å². The van der Waals surface area contributed by atoms with Gasteiger partial charge in [0.25, 0.3) is 5.91 Å². The highest BCUT2D eigenvalue weighted by Crippen LogP contribution is 2.34. The summed E-state index contributed by atoms with van der Waals surface area (Å²) < 4.78 is 7.89. The quantitative estimate of drug-likeness (QED) is 0.226. The summed E-state index contributed by atoms with van der Waals surface area (Å²) in [5, 5.41) is 22.4. The molecule has 0 radical (unpaired) electrons. The summed E-state index contributed by atoms with van der Waals surface area (Å²) in [6.07, 6.45) is 1.53. The summed E-state index contributed by atoms with van der Waals surface area (Å²) in [6, 6.07) is 1.46. The molecule has 0 saturated heterocycles. The van der Waals surface area contributed by atoms with Crippen LogP contribution in [0.25, 0.3) is 0 Å². The number of aromatic nitrogens is 4. The fourth-order valence-electron chi connectivity index (χ4n) is 3.34. The molecule has 0 saturated carbocycles. The minimum Gasteiger partial charge on any atom is -0.462 e. The van der Waals surface area contributed by atoms with Crippen LogP contribution < -0.4 is 5.32 Å². The van der Waals surface area contributed by atoms with Crippen LogP contribution in [0.15, 0.2) is 12.3 Å². The summed E-state index contributed by atoms with van der Waals surface area (Å²) in [5.74, 6) is -1.45. The van der Waals surface area contributed by atoms with Crippen LogP contribution in [0, 0.1) is 30.9 Å². The van der Waals surface area contributed by atoms with Crippen molar-refractivity contribution in [2.45, 2.75) is 41.3 Å². The molecule has 0 fully saturated rings. The molecule has 12 nitrogen and oxygen atoms in total. The average molecular weight is 474 g/mol. The number of hydrogen-bond acceptors (Lipinski definition) is 9. The number of ether oxygens (including phenoxy) is 1. The predicted molar refractivity (Wildman–Crippen MR) is 119 cm³/mol. The summed E-state index contributed by atoms with van der Waals surface area (Å²) in [5.41, 5.74) is 1.21. The minimum absolute atomic E-state index is 0.0521. The van der Waals surface area contributed by atoms with Crippen LogP contribution in [0.4, 0.5) is 10.7 Å². The minimum atomic E-state index is -0.634. The monoisotopic (exact) mass is 474 g/mol. The van der Waals surface area contributed by atoms with E-state index in [1.54, 1.807) is 27.7 Å². The Bertz CT molecular complexity index is 1270. The van der Waals surface area contributed by atoms with Gasteiger partial charge in [-0.3, -0.25) is 24.4 Å². The lowest BCUT2D eigenvalue weighted by Gasteiger charge is -2.06. The van der Waals surface area contributed by atoms with Gasteiger partial charge in [0.05, 0.1) is 22.0 Å². The van der Waals surface area contributed by atoms with E-state index in [2.05, 4.69) is 15.5 Å². The number of esters is 1. The largest absolute Gasteiger partial charge is 0.462 e. The number of rotatable bonds is 8. The number of nitrogens with zero attached hydrogens (tertiary/aromatic N) is 5. The first-order valence-corrected chi connectivity index (χ1v) is 10.7. The van der Waals surface area contributed by atoms with Gasteiger partial charge < -0.3 is 10.1 Å². The van der Waals surface area contributed by atoms with E-state index < -0.39 is 16.8 Å². The van der Waals surface area contributed by atoms with E-state index in [9.17, 15) is 24.5 Å². The number of ketones is 1. The zero-order chi connectivity index (χ0) is 24.4. The third-order valence-corrected chi connectivity index (χ3v) is 6.16. The number of nitrogens with one attached hydrogen (secondary N) is 1. The third-order valence-electron chi connectivity index (χ3n) is 4.85. The molecule has 1 N–H and O–H groups in total. The number of nitro groups is 1. The van der Waals surface area contributed by atoms with Gasteiger partial charge in [-0.25, -0.2) is 9.48 Å². The molecule has 0 unspecified atom stereocenters. The number of thiophene rings is 1. The van der Waals surface area contributed by atoms with Gasteiger partial charge in [0.2, 0.25) is 0 Å². The second-order valence-corrected chi connectivity index (χ2v) is 8.17. The molecule has 3 heterocycles. The standard InChI is InChI=1S/C20H22N6O6S/c1-6-32-20(29)15-10(2)17(13(5)27)33-19(15)21-18(28)14-7-8-24(23-14)9-25-12(4)16(26(30)31)11(3)22-25/h7-8H,6,9H2,1-5H3,(H,21,28). The number of anilines is 1. The van der Waals surface area contributed by atoms with Gasteiger partial charge in [-0.1, -0.05) is 0 Å². The molecule has 3 aromatic heterocycles. The number of Topliss-reactive ketones (excluding diaryl/α,β-unsaturated/α-hetero) is 1. The van der Waals surface area contributed by atoms with E-state index in [4.69, 9.17) is 4.74 Å². The molecule has 0 spiro atoms. The second kappa shape index (κ2) is 9.32. The average Bonchev–Trinajstić information content (AvgIpc) is 3.39. The summed E-state index contributed by atoms with van der Waals surface area (Å²) in [4.78, 5) is 48.2. The highest BCUT2D eigenvalue weighted by atomic mass is 32.1. The lowest BCUT2D eigenvalue weighted by atomic mass is 10.1. The molecule has 0 aromatic carbocycles. The highest BCUT2D eigenvalue weighted by molar-refractivity contribution is 7.18. The maximum Gasteiger partial charge on any atom is 0.341 e. The van der Waals surface area contributed by atoms with Gasteiger partial charge in [0.1, 0.15) is 23.1 Å². The van der Waals surface area contributed by atoms with Crippen LogP contribution in [-0.4, -0.2) is 48.8 Å². The molecule has 0 bridgehead atoms. The van der Waals surface area contributed by atoms with Gasteiger partial charge in [0, 0.05) is 6.20 Å². The van der Waals surface area contributed by atoms with Crippen molar-refractivity contribution in [1.29, 1.82) is 0 Å². The maximum absolute atomic E-state index is 12.8. The first-order chi connectivity index (χ1) is 15.5. The van der Waals surface area contributed by atoms with Gasteiger partial charge in [-0.15, -0.1) is 11.3 Å². The molecule has 174 valence electrons. The van der Waals surface area contributed by atoms with E-state index in [-0.39, 0.29) is 46.7 Å². The van der Waals surface area contributed by atoms with E-state index in [1.165, 1.54) is 28.6 Å². The van der Waals surface area contributed by atoms with Crippen molar-refractivity contribution in [3.8, 4) is 0 Å². The summed E-state index contributed by atoms with van der Waals surface area (Å²) in [6.45, 7) is 8.00. The second-order valence-electron chi connectivity index (χ2n) is 7.15. The number of carbonyl (C=O) groups excluding carboxylic acids is 3. The number of amides is 1. The fourth-order valence-corrected chi connectivity index (χ4v) is 4.43. The van der Waals surface area contributed by atoms with Gasteiger partial charge in [-0.05, 0) is 46.2 Å². The molecular weight excluding hydrogens is 452 g/mol. The van der Waals surface area contributed by atoms with E-state index >= 15 is 0 Å². The Morgan fingerprint density at radius 1 is 1.24 bits per heavy atom. The molecule has 0 aliphatic heterocycles. The Labute approximate surface area is 192 Å². The lowest BCUT2D eigenvalue weighted by molar-refractivity contribution is -0.386. The molecule has 3 aromatic rings. The van der Waals surface area contributed by atoms with Crippen LogP contribution >= 0.6 is 11.3 Å². The predicted octanol–water partition coefficient (Wildman–Crippen LogP) is 3.11. The first-order valence-electron chi connectivity index (χ1n) is 9.89. The Balaban J connectivity index is 1.84. The van der Waals surface area contributed by atoms with E-state index in [1.807, 2.05) is 0 Å².